The Kier molecular flexibility index (Phi) is 3.43. The molecule has 0 saturated carbocycles. The molecule has 16 heavy (non-hydrogen) atoms. The summed E-state index contributed by atoms with van der Waals surface area (Å²) in [6.45, 7) is 2.20. The van der Waals surface area contributed by atoms with Crippen LogP contribution in [0.2, 0.25) is 0 Å². The average Bonchev–Trinajstić information content (AvgIpc) is 2.87. The second-order valence-electron chi connectivity index (χ2n) is 4.59. The van der Waals surface area contributed by atoms with Gasteiger partial charge in [0.1, 0.15) is 0 Å². The highest BCUT2D eigenvalue weighted by Crippen LogP contribution is 2.21. The van der Waals surface area contributed by atoms with E-state index >= 15 is 0 Å². The van der Waals surface area contributed by atoms with Crippen LogP contribution >= 0.6 is 0 Å². The fraction of sp³-hybridized carbons (Fsp3) is 0.818. The van der Waals surface area contributed by atoms with Crippen LogP contribution in [0.5, 0.6) is 0 Å². The van der Waals surface area contributed by atoms with Gasteiger partial charge in [-0.2, -0.15) is 0 Å². The van der Waals surface area contributed by atoms with Gasteiger partial charge in [0, 0.05) is 32.1 Å². The molecule has 2 unspecified atom stereocenters. The number of likely N-dealkylation sites (tertiary alicyclic amines) is 1. The summed E-state index contributed by atoms with van der Waals surface area (Å²) in [6.07, 6.45) is 2.51. The monoisotopic (exact) mass is 225 g/mol. The minimum absolute atomic E-state index is 0.00251. The first-order chi connectivity index (χ1) is 7.72. The molecule has 2 atom stereocenters. The summed E-state index contributed by atoms with van der Waals surface area (Å²) in [4.78, 5) is 25.2. The summed E-state index contributed by atoms with van der Waals surface area (Å²) < 4.78 is 0. The average molecular weight is 225 g/mol. The lowest BCUT2D eigenvalue weighted by molar-refractivity contribution is -0.136. The second kappa shape index (κ2) is 4.82. The predicted octanol–water partition coefficient (Wildman–Crippen LogP) is -0.667. The number of nitrogens with zero attached hydrogens (tertiary/aromatic N) is 1. The molecular weight excluding hydrogens is 206 g/mol. The molecule has 0 radical (unpaired) electrons. The lowest BCUT2D eigenvalue weighted by atomic mass is 10.1. The first-order valence-electron chi connectivity index (χ1n) is 5.94. The maximum absolute atomic E-state index is 12.2. The van der Waals surface area contributed by atoms with Gasteiger partial charge in [0.25, 0.3) is 0 Å². The molecule has 2 rings (SSSR count). The van der Waals surface area contributed by atoms with Gasteiger partial charge in [0.05, 0.1) is 5.92 Å². The molecule has 0 aromatic rings. The fourth-order valence-corrected chi connectivity index (χ4v) is 2.59. The van der Waals surface area contributed by atoms with Crippen molar-refractivity contribution in [3.63, 3.8) is 0 Å². The maximum Gasteiger partial charge on any atom is 0.228 e. The Labute approximate surface area is 95.6 Å². The fourth-order valence-electron chi connectivity index (χ4n) is 2.59. The van der Waals surface area contributed by atoms with E-state index in [-0.39, 0.29) is 17.7 Å². The molecule has 2 fully saturated rings. The van der Waals surface area contributed by atoms with Crippen LogP contribution < -0.4 is 10.6 Å². The van der Waals surface area contributed by atoms with Gasteiger partial charge in [-0.3, -0.25) is 9.59 Å². The molecule has 2 saturated heterocycles. The van der Waals surface area contributed by atoms with E-state index in [1.807, 2.05) is 11.9 Å². The normalized spacial score (nSPS) is 29.6. The van der Waals surface area contributed by atoms with Gasteiger partial charge in [0.2, 0.25) is 11.8 Å². The molecule has 2 aliphatic rings. The van der Waals surface area contributed by atoms with Gasteiger partial charge in [-0.05, 0) is 19.9 Å². The van der Waals surface area contributed by atoms with Crippen molar-refractivity contribution in [1.29, 1.82) is 0 Å². The summed E-state index contributed by atoms with van der Waals surface area (Å²) in [7, 11) is 1.90. The van der Waals surface area contributed by atoms with Crippen molar-refractivity contribution in [2.45, 2.75) is 25.3 Å². The highest BCUT2D eigenvalue weighted by atomic mass is 16.2. The van der Waals surface area contributed by atoms with Gasteiger partial charge in [-0.25, -0.2) is 0 Å². The van der Waals surface area contributed by atoms with Crippen molar-refractivity contribution >= 4 is 11.8 Å². The summed E-state index contributed by atoms with van der Waals surface area (Å²) in [5.74, 6) is 0.0174. The van der Waals surface area contributed by atoms with E-state index in [0.717, 1.165) is 25.9 Å². The quantitative estimate of drug-likeness (QED) is 0.670. The molecule has 5 heteroatoms. The van der Waals surface area contributed by atoms with Crippen molar-refractivity contribution in [3.05, 3.63) is 0 Å². The molecule has 0 aromatic heterocycles. The van der Waals surface area contributed by atoms with Crippen LogP contribution in [0.15, 0.2) is 0 Å². The molecule has 2 amide bonds. The Balaban J connectivity index is 1.95. The van der Waals surface area contributed by atoms with E-state index in [1.54, 1.807) is 0 Å². The summed E-state index contributed by atoms with van der Waals surface area (Å²) in [5, 5.41) is 5.84. The number of carbonyl (C=O) groups excluding carboxylic acids is 2. The number of rotatable bonds is 3. The van der Waals surface area contributed by atoms with Gasteiger partial charge < -0.3 is 15.5 Å². The molecule has 0 aromatic carbocycles. The number of amides is 2. The minimum atomic E-state index is -0.134. The number of carbonyl (C=O) groups is 2. The van der Waals surface area contributed by atoms with Crippen LogP contribution in [0.4, 0.5) is 0 Å². The van der Waals surface area contributed by atoms with Gasteiger partial charge in [-0.1, -0.05) is 0 Å². The Morgan fingerprint density at radius 2 is 2.44 bits per heavy atom. The first-order valence-corrected chi connectivity index (χ1v) is 5.94. The smallest absolute Gasteiger partial charge is 0.228 e. The lowest BCUT2D eigenvalue weighted by Crippen LogP contribution is -2.44. The Morgan fingerprint density at radius 1 is 1.62 bits per heavy atom. The third-order valence-electron chi connectivity index (χ3n) is 3.43. The topological polar surface area (TPSA) is 61.4 Å². The Bertz CT molecular complexity index is 293. The van der Waals surface area contributed by atoms with Crippen LogP contribution in [-0.2, 0) is 9.59 Å². The third-order valence-corrected chi connectivity index (χ3v) is 3.43. The number of hydrogen-bond acceptors (Lipinski definition) is 3. The van der Waals surface area contributed by atoms with Crippen molar-refractivity contribution in [2.75, 3.05) is 26.7 Å². The van der Waals surface area contributed by atoms with Crippen LogP contribution in [0.25, 0.3) is 0 Å². The summed E-state index contributed by atoms with van der Waals surface area (Å²) in [6, 6.07) is 0.313. The van der Waals surface area contributed by atoms with E-state index in [2.05, 4.69) is 10.6 Å². The lowest BCUT2D eigenvalue weighted by Gasteiger charge is -2.26. The van der Waals surface area contributed by atoms with Gasteiger partial charge in [-0.15, -0.1) is 0 Å². The molecule has 0 aliphatic carbocycles. The van der Waals surface area contributed by atoms with Crippen LogP contribution in [0.1, 0.15) is 19.3 Å². The number of hydrogen-bond donors (Lipinski definition) is 2. The van der Waals surface area contributed by atoms with E-state index in [4.69, 9.17) is 0 Å². The molecular formula is C11H19N3O2. The van der Waals surface area contributed by atoms with E-state index in [9.17, 15) is 9.59 Å². The summed E-state index contributed by atoms with van der Waals surface area (Å²) >= 11 is 0. The zero-order valence-electron chi connectivity index (χ0n) is 9.66. The summed E-state index contributed by atoms with van der Waals surface area (Å²) in [5.41, 5.74) is 0. The Hall–Kier alpha value is -1.10. The maximum atomic E-state index is 12.2. The van der Waals surface area contributed by atoms with Crippen molar-refractivity contribution in [2.24, 2.45) is 5.92 Å². The van der Waals surface area contributed by atoms with Gasteiger partial charge >= 0.3 is 0 Å². The number of nitrogens with one attached hydrogen (secondary N) is 2. The van der Waals surface area contributed by atoms with E-state index in [1.165, 1.54) is 0 Å². The van der Waals surface area contributed by atoms with Crippen LogP contribution in [0.3, 0.4) is 0 Å². The molecule has 0 spiro atoms. The molecule has 2 N–H and O–H groups in total. The Morgan fingerprint density at radius 3 is 3.06 bits per heavy atom. The zero-order valence-corrected chi connectivity index (χ0v) is 9.66. The second-order valence-corrected chi connectivity index (χ2v) is 4.59. The third kappa shape index (κ3) is 2.19. The predicted molar refractivity (Wildman–Crippen MR) is 59.8 cm³/mol. The molecule has 2 aliphatic heterocycles. The molecule has 0 bridgehead atoms. The van der Waals surface area contributed by atoms with E-state index < -0.39 is 0 Å². The zero-order chi connectivity index (χ0) is 11.5. The number of likely N-dealkylation sites (N-methyl/N-ethyl adjacent to an activating group) is 1. The molecule has 5 nitrogen and oxygen atoms in total. The highest BCUT2D eigenvalue weighted by molar-refractivity contribution is 5.89. The van der Waals surface area contributed by atoms with Crippen LogP contribution in [0, 0.1) is 5.92 Å². The minimum Gasteiger partial charge on any atom is -0.355 e. The first kappa shape index (κ1) is 11.4. The van der Waals surface area contributed by atoms with Crippen molar-refractivity contribution < 1.29 is 9.59 Å². The largest absolute Gasteiger partial charge is 0.355 e. The van der Waals surface area contributed by atoms with Crippen molar-refractivity contribution in [1.82, 2.24) is 15.5 Å². The standard InChI is InChI=1S/C11H19N3O2/c1-12-7-9-3-2-4-14(9)11(16)8-5-10(15)13-6-8/h8-9,12H,2-7H2,1H3,(H,13,15). The van der Waals surface area contributed by atoms with Gasteiger partial charge in [0.15, 0.2) is 0 Å². The molecule has 2 heterocycles. The van der Waals surface area contributed by atoms with Crippen molar-refractivity contribution in [3.8, 4) is 0 Å². The van der Waals surface area contributed by atoms with Crippen LogP contribution in [-0.4, -0.2) is 49.4 Å². The highest BCUT2D eigenvalue weighted by Gasteiger charge is 2.36. The SMILES string of the molecule is CNCC1CCCN1C(=O)C1CNC(=O)C1. The molecule has 90 valence electrons. The van der Waals surface area contributed by atoms with E-state index in [0.29, 0.717) is 19.0 Å².